The molecule has 0 atom stereocenters. The first-order valence-corrected chi connectivity index (χ1v) is 6.21. The van der Waals surface area contributed by atoms with Gasteiger partial charge in [-0.25, -0.2) is 0 Å². The molecule has 17 heavy (non-hydrogen) atoms. The molecule has 1 aromatic rings. The van der Waals surface area contributed by atoms with Gasteiger partial charge in [-0.15, -0.1) is 0 Å². The van der Waals surface area contributed by atoms with Gasteiger partial charge in [-0.1, -0.05) is 12.8 Å². The Morgan fingerprint density at radius 3 is 2.47 bits per heavy atom. The second-order valence-corrected chi connectivity index (χ2v) is 4.88. The van der Waals surface area contributed by atoms with Crippen molar-refractivity contribution in [2.24, 2.45) is 5.92 Å². The van der Waals surface area contributed by atoms with E-state index < -0.39 is 0 Å². The molecule has 0 bridgehead atoms. The molecule has 1 saturated carbocycles. The van der Waals surface area contributed by atoms with Gasteiger partial charge in [0.1, 0.15) is 5.75 Å². The fourth-order valence-electron chi connectivity index (χ4n) is 2.49. The highest BCUT2D eigenvalue weighted by molar-refractivity contribution is 5.94. The minimum atomic E-state index is 0.0388. The van der Waals surface area contributed by atoms with Crippen LogP contribution >= 0.6 is 0 Å². The third-order valence-electron chi connectivity index (χ3n) is 3.47. The van der Waals surface area contributed by atoms with Gasteiger partial charge in [0.2, 0.25) is 0 Å². The van der Waals surface area contributed by atoms with Crippen molar-refractivity contribution in [2.75, 3.05) is 13.6 Å². The third-order valence-corrected chi connectivity index (χ3v) is 3.47. The standard InChI is InChI=1S/C14H19NO2/c1-15(10-11-4-2-3-5-11)14(17)12-6-8-13(16)9-7-12/h6-9,11,16H,2-5,10H2,1H3. The topological polar surface area (TPSA) is 40.5 Å². The zero-order valence-electron chi connectivity index (χ0n) is 10.2. The molecular formula is C14H19NO2. The minimum absolute atomic E-state index is 0.0388. The second kappa shape index (κ2) is 5.21. The Bertz CT molecular complexity index is 380. The van der Waals surface area contributed by atoms with Crippen LogP contribution in [-0.4, -0.2) is 29.5 Å². The molecule has 1 amide bonds. The zero-order chi connectivity index (χ0) is 12.3. The molecule has 0 unspecified atom stereocenters. The van der Waals surface area contributed by atoms with Crippen LogP contribution in [0, 0.1) is 5.92 Å². The molecular weight excluding hydrogens is 214 g/mol. The summed E-state index contributed by atoms with van der Waals surface area (Å²) < 4.78 is 0. The number of phenols is 1. The molecule has 3 heteroatoms. The molecule has 3 nitrogen and oxygen atoms in total. The summed E-state index contributed by atoms with van der Waals surface area (Å²) in [6.45, 7) is 0.847. The fraction of sp³-hybridized carbons (Fsp3) is 0.500. The van der Waals surface area contributed by atoms with E-state index in [2.05, 4.69) is 0 Å². The predicted molar refractivity (Wildman–Crippen MR) is 67.0 cm³/mol. The van der Waals surface area contributed by atoms with Gasteiger partial charge in [0.25, 0.3) is 5.91 Å². The number of benzene rings is 1. The predicted octanol–water partition coefficient (Wildman–Crippen LogP) is 2.65. The van der Waals surface area contributed by atoms with E-state index in [-0.39, 0.29) is 11.7 Å². The summed E-state index contributed by atoms with van der Waals surface area (Å²) in [5.74, 6) is 0.901. The van der Waals surface area contributed by atoms with Crippen LogP contribution in [0.25, 0.3) is 0 Å². The summed E-state index contributed by atoms with van der Waals surface area (Å²) in [6.07, 6.45) is 5.08. The number of rotatable bonds is 3. The maximum Gasteiger partial charge on any atom is 0.253 e. The number of carbonyl (C=O) groups is 1. The van der Waals surface area contributed by atoms with Gasteiger partial charge in [-0.3, -0.25) is 4.79 Å². The SMILES string of the molecule is CN(CC1CCCC1)C(=O)c1ccc(O)cc1. The molecule has 0 aliphatic heterocycles. The first kappa shape index (κ1) is 12.0. The number of hydrogen-bond donors (Lipinski definition) is 1. The van der Waals surface area contributed by atoms with Gasteiger partial charge in [0, 0.05) is 19.2 Å². The molecule has 0 aromatic heterocycles. The van der Waals surface area contributed by atoms with Gasteiger partial charge < -0.3 is 10.0 Å². The average Bonchev–Trinajstić information content (AvgIpc) is 2.82. The van der Waals surface area contributed by atoms with Crippen LogP contribution in [0.5, 0.6) is 5.75 Å². The Hall–Kier alpha value is -1.51. The monoisotopic (exact) mass is 233 g/mol. The van der Waals surface area contributed by atoms with Crippen molar-refractivity contribution in [2.45, 2.75) is 25.7 Å². The molecule has 1 fully saturated rings. The molecule has 0 saturated heterocycles. The van der Waals surface area contributed by atoms with Crippen molar-refractivity contribution in [3.63, 3.8) is 0 Å². The van der Waals surface area contributed by atoms with Gasteiger partial charge in [-0.2, -0.15) is 0 Å². The van der Waals surface area contributed by atoms with Crippen LogP contribution in [0.4, 0.5) is 0 Å². The molecule has 0 heterocycles. The van der Waals surface area contributed by atoms with Crippen molar-refractivity contribution in [1.82, 2.24) is 4.90 Å². The van der Waals surface area contributed by atoms with Crippen LogP contribution < -0.4 is 0 Å². The Kier molecular flexibility index (Phi) is 3.67. The van der Waals surface area contributed by atoms with Crippen molar-refractivity contribution < 1.29 is 9.90 Å². The lowest BCUT2D eigenvalue weighted by Crippen LogP contribution is -2.31. The highest BCUT2D eigenvalue weighted by Gasteiger charge is 2.20. The molecule has 1 aliphatic carbocycles. The summed E-state index contributed by atoms with van der Waals surface area (Å²) in [5.41, 5.74) is 0.642. The van der Waals surface area contributed by atoms with E-state index in [1.807, 2.05) is 7.05 Å². The molecule has 1 aromatic carbocycles. The first-order valence-electron chi connectivity index (χ1n) is 6.21. The van der Waals surface area contributed by atoms with E-state index in [0.29, 0.717) is 11.5 Å². The van der Waals surface area contributed by atoms with Crippen LogP contribution in [-0.2, 0) is 0 Å². The number of carbonyl (C=O) groups excluding carboxylic acids is 1. The van der Waals surface area contributed by atoms with E-state index in [4.69, 9.17) is 0 Å². The number of phenolic OH excluding ortho intramolecular Hbond substituents is 1. The molecule has 1 N–H and O–H groups in total. The lowest BCUT2D eigenvalue weighted by molar-refractivity contribution is 0.0773. The number of nitrogens with zero attached hydrogens (tertiary/aromatic N) is 1. The highest BCUT2D eigenvalue weighted by Crippen LogP contribution is 2.25. The molecule has 92 valence electrons. The zero-order valence-corrected chi connectivity index (χ0v) is 10.2. The van der Waals surface area contributed by atoms with Crippen LogP contribution in [0.1, 0.15) is 36.0 Å². The van der Waals surface area contributed by atoms with Crippen LogP contribution in [0.2, 0.25) is 0 Å². The average molecular weight is 233 g/mol. The van der Waals surface area contributed by atoms with Crippen LogP contribution in [0.15, 0.2) is 24.3 Å². The number of aromatic hydroxyl groups is 1. The summed E-state index contributed by atoms with van der Waals surface area (Å²) in [7, 11) is 1.85. The Morgan fingerprint density at radius 1 is 1.29 bits per heavy atom. The maximum absolute atomic E-state index is 12.1. The smallest absolute Gasteiger partial charge is 0.253 e. The minimum Gasteiger partial charge on any atom is -0.508 e. The summed E-state index contributed by atoms with van der Waals surface area (Å²) in [6, 6.07) is 6.44. The lowest BCUT2D eigenvalue weighted by atomic mass is 10.1. The summed E-state index contributed by atoms with van der Waals surface area (Å²) >= 11 is 0. The van der Waals surface area contributed by atoms with Crippen molar-refractivity contribution in [3.8, 4) is 5.75 Å². The number of hydrogen-bond acceptors (Lipinski definition) is 2. The van der Waals surface area contributed by atoms with E-state index >= 15 is 0 Å². The summed E-state index contributed by atoms with van der Waals surface area (Å²) in [5, 5.41) is 9.18. The van der Waals surface area contributed by atoms with Crippen molar-refractivity contribution in [1.29, 1.82) is 0 Å². The Balaban J connectivity index is 1.96. The van der Waals surface area contributed by atoms with E-state index in [1.54, 1.807) is 29.2 Å². The molecule has 0 radical (unpaired) electrons. The largest absolute Gasteiger partial charge is 0.508 e. The second-order valence-electron chi connectivity index (χ2n) is 4.88. The van der Waals surface area contributed by atoms with Crippen molar-refractivity contribution >= 4 is 5.91 Å². The molecule has 0 spiro atoms. The van der Waals surface area contributed by atoms with E-state index in [0.717, 1.165) is 6.54 Å². The van der Waals surface area contributed by atoms with E-state index in [9.17, 15) is 9.90 Å². The molecule has 2 rings (SSSR count). The van der Waals surface area contributed by atoms with Gasteiger partial charge in [0.15, 0.2) is 0 Å². The van der Waals surface area contributed by atoms with E-state index in [1.165, 1.54) is 25.7 Å². The third kappa shape index (κ3) is 2.99. The molecule has 1 aliphatic rings. The van der Waals surface area contributed by atoms with Gasteiger partial charge >= 0.3 is 0 Å². The number of amides is 1. The fourth-order valence-corrected chi connectivity index (χ4v) is 2.49. The summed E-state index contributed by atoms with van der Waals surface area (Å²) in [4.78, 5) is 13.9. The van der Waals surface area contributed by atoms with Gasteiger partial charge in [-0.05, 0) is 43.0 Å². The normalized spacial score (nSPS) is 16.1. The Morgan fingerprint density at radius 2 is 1.88 bits per heavy atom. The quantitative estimate of drug-likeness (QED) is 0.872. The first-order chi connectivity index (χ1) is 8.16. The maximum atomic E-state index is 12.1. The van der Waals surface area contributed by atoms with Gasteiger partial charge in [0.05, 0.1) is 0 Å². The van der Waals surface area contributed by atoms with Crippen LogP contribution in [0.3, 0.4) is 0 Å². The Labute approximate surface area is 102 Å². The highest BCUT2D eigenvalue weighted by atomic mass is 16.3. The van der Waals surface area contributed by atoms with Crippen molar-refractivity contribution in [3.05, 3.63) is 29.8 Å². The lowest BCUT2D eigenvalue weighted by Gasteiger charge is -2.21.